The molecule has 1 unspecified atom stereocenters. The molecule has 1 aliphatic rings. The van der Waals surface area contributed by atoms with Gasteiger partial charge in [0, 0.05) is 18.2 Å². The fourth-order valence-corrected chi connectivity index (χ4v) is 2.70. The fraction of sp³-hybridized carbons (Fsp3) is 0.412. The molecule has 3 atom stereocenters. The Hall–Kier alpha value is -2.42. The van der Waals surface area contributed by atoms with Gasteiger partial charge in [-0.05, 0) is 24.6 Å². The highest BCUT2D eigenvalue weighted by Crippen LogP contribution is 2.28. The molecular formula is C17H20N2O6. The predicted molar refractivity (Wildman–Crippen MR) is 87.3 cm³/mol. The number of ether oxygens (including phenoxy) is 2. The summed E-state index contributed by atoms with van der Waals surface area (Å²) in [6, 6.07) is 6.54. The van der Waals surface area contributed by atoms with E-state index in [0.717, 1.165) is 5.56 Å². The lowest BCUT2D eigenvalue weighted by Crippen LogP contribution is -2.28. The van der Waals surface area contributed by atoms with Crippen LogP contribution in [0, 0.1) is 6.92 Å². The highest BCUT2D eigenvalue weighted by atomic mass is 16.5. The van der Waals surface area contributed by atoms with Crippen molar-refractivity contribution in [2.24, 2.45) is 0 Å². The van der Waals surface area contributed by atoms with Crippen molar-refractivity contribution in [2.45, 2.75) is 38.4 Å². The Bertz CT molecular complexity index is 789. The van der Waals surface area contributed by atoms with E-state index in [4.69, 9.17) is 14.6 Å². The van der Waals surface area contributed by atoms with Gasteiger partial charge in [-0.3, -0.25) is 4.57 Å². The van der Waals surface area contributed by atoms with Crippen LogP contribution in [-0.4, -0.2) is 43.7 Å². The van der Waals surface area contributed by atoms with E-state index >= 15 is 0 Å². The van der Waals surface area contributed by atoms with E-state index < -0.39 is 24.1 Å². The standard InChI is InChI=1S/C17H20N2O6/c1-10-7-19(15-6-13(22)14(8-20)25-15)17(23)18-16(10)24-9-11-2-4-12(21)5-3-11/h2-5,7,13-15,20-22H,6,8-9H2,1H3/t13?,14-,15-/m1/s1. The van der Waals surface area contributed by atoms with Gasteiger partial charge >= 0.3 is 5.69 Å². The smallest absolute Gasteiger partial charge is 0.352 e. The van der Waals surface area contributed by atoms with Crippen molar-refractivity contribution in [3.8, 4) is 11.6 Å². The van der Waals surface area contributed by atoms with Crippen LogP contribution in [0.3, 0.4) is 0 Å². The Kier molecular flexibility index (Phi) is 5.03. The second-order valence-corrected chi connectivity index (χ2v) is 5.99. The lowest BCUT2D eigenvalue weighted by molar-refractivity contribution is -0.0460. The van der Waals surface area contributed by atoms with Gasteiger partial charge in [0.05, 0.1) is 12.7 Å². The van der Waals surface area contributed by atoms with Gasteiger partial charge in [-0.25, -0.2) is 4.79 Å². The van der Waals surface area contributed by atoms with Gasteiger partial charge in [0.25, 0.3) is 0 Å². The van der Waals surface area contributed by atoms with Gasteiger partial charge in [-0.15, -0.1) is 0 Å². The molecule has 1 fully saturated rings. The first-order chi connectivity index (χ1) is 12.0. The van der Waals surface area contributed by atoms with Crippen LogP contribution in [0.1, 0.15) is 23.8 Å². The van der Waals surface area contributed by atoms with E-state index in [2.05, 4.69) is 4.98 Å². The molecular weight excluding hydrogens is 328 g/mol. The number of phenols is 1. The Morgan fingerprint density at radius 2 is 2.08 bits per heavy atom. The molecule has 0 spiro atoms. The quantitative estimate of drug-likeness (QED) is 0.720. The number of aryl methyl sites for hydroxylation is 1. The van der Waals surface area contributed by atoms with Crippen LogP contribution in [0.2, 0.25) is 0 Å². The van der Waals surface area contributed by atoms with Crippen molar-refractivity contribution in [3.63, 3.8) is 0 Å². The number of benzene rings is 1. The zero-order valence-corrected chi connectivity index (χ0v) is 13.7. The molecule has 2 heterocycles. The lowest BCUT2D eigenvalue weighted by atomic mass is 10.2. The number of hydrogen-bond donors (Lipinski definition) is 3. The molecule has 1 aliphatic heterocycles. The number of hydrogen-bond acceptors (Lipinski definition) is 7. The van der Waals surface area contributed by atoms with Gasteiger partial charge in [0.1, 0.15) is 24.7 Å². The molecule has 25 heavy (non-hydrogen) atoms. The maximum atomic E-state index is 12.3. The normalized spacial score (nSPS) is 22.9. The first-order valence-corrected chi connectivity index (χ1v) is 7.93. The third kappa shape index (κ3) is 3.81. The summed E-state index contributed by atoms with van der Waals surface area (Å²) in [6.07, 6.45) is -0.425. The number of phenolic OH excluding ortho intramolecular Hbond substituents is 1. The van der Waals surface area contributed by atoms with Gasteiger partial charge < -0.3 is 24.8 Å². The summed E-state index contributed by atoms with van der Waals surface area (Å²) in [6.45, 7) is 1.65. The second-order valence-electron chi connectivity index (χ2n) is 5.99. The van der Waals surface area contributed by atoms with Crippen molar-refractivity contribution >= 4 is 0 Å². The number of nitrogens with zero attached hydrogens (tertiary/aromatic N) is 2. The van der Waals surface area contributed by atoms with Crippen molar-refractivity contribution in [1.29, 1.82) is 0 Å². The largest absolute Gasteiger partial charge is 0.508 e. The zero-order chi connectivity index (χ0) is 18.0. The van der Waals surface area contributed by atoms with Gasteiger partial charge in [0.15, 0.2) is 0 Å². The number of aliphatic hydroxyl groups is 2. The average molecular weight is 348 g/mol. The number of aromatic hydroxyl groups is 1. The van der Waals surface area contributed by atoms with Crippen LogP contribution in [0.25, 0.3) is 0 Å². The molecule has 0 saturated carbocycles. The third-order valence-corrected chi connectivity index (χ3v) is 4.09. The van der Waals surface area contributed by atoms with Gasteiger partial charge in [-0.1, -0.05) is 12.1 Å². The summed E-state index contributed by atoms with van der Waals surface area (Å²) in [4.78, 5) is 16.2. The van der Waals surface area contributed by atoms with Crippen LogP contribution < -0.4 is 10.4 Å². The van der Waals surface area contributed by atoms with E-state index in [0.29, 0.717) is 5.56 Å². The molecule has 8 heteroatoms. The molecule has 134 valence electrons. The Labute approximate surface area is 143 Å². The minimum atomic E-state index is -0.826. The van der Waals surface area contributed by atoms with E-state index in [1.165, 1.54) is 4.57 Å². The Morgan fingerprint density at radius 3 is 2.72 bits per heavy atom. The summed E-state index contributed by atoms with van der Waals surface area (Å²) in [5, 5.41) is 28.2. The SMILES string of the molecule is Cc1cn([C@H]2CC(O)[C@@H](CO)O2)c(=O)nc1OCc1ccc(O)cc1. The molecule has 1 aromatic heterocycles. The predicted octanol–water partition coefficient (Wildman–Crippen LogP) is 0.477. The molecule has 0 bridgehead atoms. The van der Waals surface area contributed by atoms with Crippen molar-refractivity contribution in [3.05, 3.63) is 52.1 Å². The maximum absolute atomic E-state index is 12.3. The molecule has 0 radical (unpaired) electrons. The van der Waals surface area contributed by atoms with E-state index in [1.807, 2.05) is 0 Å². The molecule has 0 amide bonds. The van der Waals surface area contributed by atoms with E-state index in [1.54, 1.807) is 37.4 Å². The summed E-state index contributed by atoms with van der Waals surface area (Å²) >= 11 is 0. The fourth-order valence-electron chi connectivity index (χ4n) is 2.70. The van der Waals surface area contributed by atoms with Gasteiger partial charge in [-0.2, -0.15) is 4.98 Å². The maximum Gasteiger partial charge on any atom is 0.352 e. The summed E-state index contributed by atoms with van der Waals surface area (Å²) in [5.74, 6) is 0.382. The first kappa shape index (κ1) is 17.4. The lowest BCUT2D eigenvalue weighted by Gasteiger charge is -2.16. The van der Waals surface area contributed by atoms with Crippen LogP contribution in [-0.2, 0) is 11.3 Å². The summed E-state index contributed by atoms with van der Waals surface area (Å²) in [7, 11) is 0. The molecule has 3 N–H and O–H groups in total. The average Bonchev–Trinajstić information content (AvgIpc) is 2.97. The zero-order valence-electron chi connectivity index (χ0n) is 13.7. The minimum Gasteiger partial charge on any atom is -0.508 e. The first-order valence-electron chi connectivity index (χ1n) is 7.93. The third-order valence-electron chi connectivity index (χ3n) is 4.09. The van der Waals surface area contributed by atoms with Crippen LogP contribution in [0.15, 0.2) is 35.3 Å². The molecule has 1 aromatic carbocycles. The Morgan fingerprint density at radius 1 is 1.36 bits per heavy atom. The molecule has 2 aromatic rings. The highest BCUT2D eigenvalue weighted by Gasteiger charge is 2.35. The Balaban J connectivity index is 1.74. The van der Waals surface area contributed by atoms with Crippen molar-refractivity contribution in [2.75, 3.05) is 6.61 Å². The van der Waals surface area contributed by atoms with Crippen LogP contribution in [0.5, 0.6) is 11.6 Å². The minimum absolute atomic E-state index is 0.167. The van der Waals surface area contributed by atoms with Crippen molar-refractivity contribution in [1.82, 2.24) is 9.55 Å². The number of rotatable bonds is 5. The van der Waals surface area contributed by atoms with E-state index in [-0.39, 0.29) is 31.3 Å². The number of aliphatic hydroxyl groups excluding tert-OH is 2. The summed E-state index contributed by atoms with van der Waals surface area (Å²) < 4.78 is 12.4. The monoisotopic (exact) mass is 348 g/mol. The molecule has 0 aliphatic carbocycles. The van der Waals surface area contributed by atoms with E-state index in [9.17, 15) is 15.0 Å². The summed E-state index contributed by atoms with van der Waals surface area (Å²) in [5.41, 5.74) is 0.919. The molecule has 3 rings (SSSR count). The van der Waals surface area contributed by atoms with Crippen LogP contribution >= 0.6 is 0 Å². The van der Waals surface area contributed by atoms with Crippen LogP contribution in [0.4, 0.5) is 0 Å². The molecule has 8 nitrogen and oxygen atoms in total. The molecule has 1 saturated heterocycles. The topological polar surface area (TPSA) is 114 Å². The van der Waals surface area contributed by atoms with Crippen molar-refractivity contribution < 1.29 is 24.8 Å². The van der Waals surface area contributed by atoms with Gasteiger partial charge in [0.2, 0.25) is 5.88 Å². The highest BCUT2D eigenvalue weighted by molar-refractivity contribution is 5.26. The second kappa shape index (κ2) is 7.22. The number of aromatic nitrogens is 2.